The van der Waals surface area contributed by atoms with Gasteiger partial charge < -0.3 is 5.11 Å². The average Bonchev–Trinajstić information content (AvgIpc) is 2.38. The van der Waals surface area contributed by atoms with E-state index in [2.05, 4.69) is 4.99 Å². The Bertz CT molecular complexity index is 549. The molecule has 0 saturated heterocycles. The minimum absolute atomic E-state index is 0.0295. The lowest BCUT2D eigenvalue weighted by Gasteiger charge is -2.06. The van der Waals surface area contributed by atoms with Crippen LogP contribution in [-0.2, 0) is 0 Å². The quantitative estimate of drug-likeness (QED) is 0.822. The number of phenolic OH excluding ortho intramolecular Hbond substituents is 1. The van der Waals surface area contributed by atoms with Crippen molar-refractivity contribution in [3.05, 3.63) is 64.7 Å². The summed E-state index contributed by atoms with van der Waals surface area (Å²) in [6.45, 7) is 2.00. The molecule has 0 spiro atoms. The molecule has 92 valence electrons. The Hall–Kier alpha value is -1.80. The van der Waals surface area contributed by atoms with Crippen molar-refractivity contribution in [3.63, 3.8) is 0 Å². The summed E-state index contributed by atoms with van der Waals surface area (Å²) in [4.78, 5) is 4.43. The highest BCUT2D eigenvalue weighted by Gasteiger charge is 2.02. The van der Waals surface area contributed by atoms with Gasteiger partial charge in [-0.05, 0) is 36.8 Å². The van der Waals surface area contributed by atoms with Gasteiger partial charge in [-0.15, -0.1) is 0 Å². The fraction of sp³-hybridized carbons (Fsp3) is 0.133. The van der Waals surface area contributed by atoms with Crippen molar-refractivity contribution in [2.75, 3.05) is 0 Å². The van der Waals surface area contributed by atoms with E-state index in [1.165, 1.54) is 0 Å². The van der Waals surface area contributed by atoms with Gasteiger partial charge >= 0.3 is 0 Å². The summed E-state index contributed by atoms with van der Waals surface area (Å²) in [7, 11) is 0. The van der Waals surface area contributed by atoms with Crippen LogP contribution >= 0.6 is 11.6 Å². The first-order valence-electron chi connectivity index (χ1n) is 5.73. The standard InChI is InChI=1S/C15H14ClNO/c1-11(12-6-8-14(16)9-7-12)17-10-13-4-2-3-5-15(13)18/h2-11,18H,1H3/t11-/m0/s1. The smallest absolute Gasteiger partial charge is 0.124 e. The third-order valence-electron chi connectivity index (χ3n) is 2.73. The van der Waals surface area contributed by atoms with Crippen molar-refractivity contribution in [1.29, 1.82) is 0 Å². The molecule has 1 atom stereocenters. The molecule has 0 saturated carbocycles. The summed E-state index contributed by atoms with van der Waals surface area (Å²) in [5, 5.41) is 10.3. The normalized spacial score (nSPS) is 12.8. The molecular weight excluding hydrogens is 246 g/mol. The van der Waals surface area contributed by atoms with Gasteiger partial charge in [-0.25, -0.2) is 0 Å². The Morgan fingerprint density at radius 2 is 1.78 bits per heavy atom. The summed E-state index contributed by atoms with van der Waals surface area (Å²) >= 11 is 5.84. The van der Waals surface area contributed by atoms with Crippen LogP contribution in [0.5, 0.6) is 5.75 Å². The maximum atomic E-state index is 9.62. The third kappa shape index (κ3) is 3.11. The number of halogens is 1. The zero-order chi connectivity index (χ0) is 13.0. The molecule has 2 nitrogen and oxygen atoms in total. The van der Waals surface area contributed by atoms with Crippen molar-refractivity contribution in [2.24, 2.45) is 4.99 Å². The third-order valence-corrected chi connectivity index (χ3v) is 2.98. The molecule has 0 aliphatic rings. The maximum Gasteiger partial charge on any atom is 0.124 e. The van der Waals surface area contributed by atoms with E-state index in [0.29, 0.717) is 0 Å². The first-order chi connectivity index (χ1) is 8.66. The molecule has 2 rings (SSSR count). The van der Waals surface area contributed by atoms with Gasteiger partial charge in [0.15, 0.2) is 0 Å². The molecule has 0 heterocycles. The number of hydrogen-bond acceptors (Lipinski definition) is 2. The fourth-order valence-electron chi connectivity index (χ4n) is 1.62. The SMILES string of the molecule is C[C@H](N=Cc1ccccc1O)c1ccc(Cl)cc1. The first-order valence-corrected chi connectivity index (χ1v) is 6.11. The second kappa shape index (κ2) is 5.69. The molecule has 0 fully saturated rings. The molecular formula is C15H14ClNO. The van der Waals surface area contributed by atoms with Crippen LogP contribution in [0.15, 0.2) is 53.5 Å². The van der Waals surface area contributed by atoms with E-state index in [1.54, 1.807) is 18.3 Å². The van der Waals surface area contributed by atoms with Crippen LogP contribution in [0.3, 0.4) is 0 Å². The lowest BCUT2D eigenvalue weighted by Crippen LogP contribution is -1.91. The largest absolute Gasteiger partial charge is 0.507 e. The topological polar surface area (TPSA) is 32.6 Å². The molecule has 0 aliphatic carbocycles. The lowest BCUT2D eigenvalue weighted by molar-refractivity contribution is 0.474. The van der Waals surface area contributed by atoms with Crippen LogP contribution in [0, 0.1) is 0 Å². The Kier molecular flexibility index (Phi) is 4.00. The van der Waals surface area contributed by atoms with Crippen LogP contribution in [-0.4, -0.2) is 11.3 Å². The predicted molar refractivity (Wildman–Crippen MR) is 75.6 cm³/mol. The van der Waals surface area contributed by atoms with Crippen molar-refractivity contribution in [1.82, 2.24) is 0 Å². The molecule has 0 radical (unpaired) electrons. The van der Waals surface area contributed by atoms with E-state index >= 15 is 0 Å². The highest BCUT2D eigenvalue weighted by molar-refractivity contribution is 6.30. The lowest BCUT2D eigenvalue weighted by atomic mass is 10.1. The number of phenols is 1. The van der Waals surface area contributed by atoms with Gasteiger partial charge in [-0.3, -0.25) is 4.99 Å². The number of rotatable bonds is 3. The fourth-order valence-corrected chi connectivity index (χ4v) is 1.74. The minimum Gasteiger partial charge on any atom is -0.507 e. The summed E-state index contributed by atoms with van der Waals surface area (Å²) in [5.74, 6) is 0.240. The van der Waals surface area contributed by atoms with Gasteiger partial charge in [-0.2, -0.15) is 0 Å². The monoisotopic (exact) mass is 259 g/mol. The molecule has 3 heteroatoms. The number of aliphatic imine (C=N–C) groups is 1. The van der Waals surface area contributed by atoms with Crippen molar-refractivity contribution >= 4 is 17.8 Å². The molecule has 0 bridgehead atoms. The van der Waals surface area contributed by atoms with E-state index in [9.17, 15) is 5.11 Å². The zero-order valence-electron chi connectivity index (χ0n) is 10.0. The van der Waals surface area contributed by atoms with Crippen molar-refractivity contribution in [2.45, 2.75) is 13.0 Å². The van der Waals surface area contributed by atoms with E-state index in [1.807, 2.05) is 43.3 Å². The van der Waals surface area contributed by atoms with Crippen LogP contribution in [0.4, 0.5) is 0 Å². The number of aromatic hydroxyl groups is 1. The first kappa shape index (κ1) is 12.7. The summed E-state index contributed by atoms with van der Waals surface area (Å²) in [6.07, 6.45) is 1.69. The molecule has 18 heavy (non-hydrogen) atoms. The Morgan fingerprint density at radius 1 is 1.11 bits per heavy atom. The van der Waals surface area contributed by atoms with Gasteiger partial charge in [0.2, 0.25) is 0 Å². The van der Waals surface area contributed by atoms with Gasteiger partial charge in [0.25, 0.3) is 0 Å². The number of nitrogens with zero attached hydrogens (tertiary/aromatic N) is 1. The van der Waals surface area contributed by atoms with E-state index in [-0.39, 0.29) is 11.8 Å². The molecule has 2 aromatic carbocycles. The van der Waals surface area contributed by atoms with Crippen LogP contribution in [0.2, 0.25) is 5.02 Å². The highest BCUT2D eigenvalue weighted by Crippen LogP contribution is 2.20. The molecule has 0 aromatic heterocycles. The number of benzene rings is 2. The summed E-state index contributed by atoms with van der Waals surface area (Å²) in [6, 6.07) is 14.8. The molecule has 1 N–H and O–H groups in total. The van der Waals surface area contributed by atoms with Gasteiger partial charge in [-0.1, -0.05) is 35.9 Å². The van der Waals surface area contributed by atoms with Gasteiger partial charge in [0, 0.05) is 16.8 Å². The second-order valence-electron chi connectivity index (χ2n) is 4.06. The summed E-state index contributed by atoms with van der Waals surface area (Å²) < 4.78 is 0. The summed E-state index contributed by atoms with van der Waals surface area (Å²) in [5.41, 5.74) is 1.81. The molecule has 0 unspecified atom stereocenters. The van der Waals surface area contributed by atoms with Crippen LogP contribution < -0.4 is 0 Å². The molecule has 0 amide bonds. The molecule has 0 aliphatic heterocycles. The van der Waals surface area contributed by atoms with Crippen LogP contribution in [0.1, 0.15) is 24.1 Å². The average molecular weight is 260 g/mol. The zero-order valence-corrected chi connectivity index (χ0v) is 10.8. The minimum atomic E-state index is 0.0295. The van der Waals surface area contributed by atoms with E-state index in [0.717, 1.165) is 16.1 Å². The Labute approximate surface area is 112 Å². The van der Waals surface area contributed by atoms with Crippen molar-refractivity contribution in [3.8, 4) is 5.75 Å². The number of hydrogen-bond donors (Lipinski definition) is 1. The van der Waals surface area contributed by atoms with Gasteiger partial charge in [0.05, 0.1) is 6.04 Å². The second-order valence-corrected chi connectivity index (χ2v) is 4.50. The predicted octanol–water partition coefficient (Wildman–Crippen LogP) is 4.23. The number of para-hydroxylation sites is 1. The van der Waals surface area contributed by atoms with E-state index < -0.39 is 0 Å². The Balaban J connectivity index is 2.14. The van der Waals surface area contributed by atoms with Crippen molar-refractivity contribution < 1.29 is 5.11 Å². The highest BCUT2D eigenvalue weighted by atomic mass is 35.5. The molecule has 2 aromatic rings. The Morgan fingerprint density at radius 3 is 2.44 bits per heavy atom. The van der Waals surface area contributed by atoms with Gasteiger partial charge in [0.1, 0.15) is 5.75 Å². The van der Waals surface area contributed by atoms with Crippen LogP contribution in [0.25, 0.3) is 0 Å². The maximum absolute atomic E-state index is 9.62. The van der Waals surface area contributed by atoms with E-state index in [4.69, 9.17) is 11.6 Å².